The van der Waals surface area contributed by atoms with Gasteiger partial charge in [0.2, 0.25) is 0 Å². The molecule has 4 nitrogen and oxygen atoms in total. The summed E-state index contributed by atoms with van der Waals surface area (Å²) < 4.78 is 13.0. The van der Waals surface area contributed by atoms with Crippen LogP contribution in [0.5, 0.6) is 0 Å². The van der Waals surface area contributed by atoms with Crippen molar-refractivity contribution >= 4 is 17.4 Å². The summed E-state index contributed by atoms with van der Waals surface area (Å²) in [6.45, 7) is 0. The highest BCUT2D eigenvalue weighted by molar-refractivity contribution is 6.31. The summed E-state index contributed by atoms with van der Waals surface area (Å²) in [7, 11) is 0. The van der Waals surface area contributed by atoms with Crippen molar-refractivity contribution in [2.24, 2.45) is 5.84 Å². The van der Waals surface area contributed by atoms with Gasteiger partial charge in [0.25, 0.3) is 0 Å². The third kappa shape index (κ3) is 1.95. The number of benzene rings is 1. The van der Waals surface area contributed by atoms with Gasteiger partial charge in [-0.1, -0.05) is 11.6 Å². The Morgan fingerprint density at radius 2 is 2.00 bits per heavy atom. The monoisotopic (exact) mass is 238 g/mol. The summed E-state index contributed by atoms with van der Waals surface area (Å²) in [6, 6.07) is 4.31. The lowest BCUT2D eigenvalue weighted by atomic mass is 10.1. The second-order valence-corrected chi connectivity index (χ2v) is 3.43. The largest absolute Gasteiger partial charge is 0.307 e. The van der Waals surface area contributed by atoms with E-state index in [2.05, 4.69) is 15.4 Å². The van der Waals surface area contributed by atoms with E-state index in [1.54, 1.807) is 6.07 Å². The summed E-state index contributed by atoms with van der Waals surface area (Å²) in [4.78, 5) is 8.09. The van der Waals surface area contributed by atoms with Crippen molar-refractivity contribution < 1.29 is 4.39 Å². The van der Waals surface area contributed by atoms with E-state index in [1.165, 1.54) is 24.5 Å². The first-order valence-electron chi connectivity index (χ1n) is 4.45. The number of hydrogen-bond acceptors (Lipinski definition) is 4. The Hall–Kier alpha value is -1.72. The van der Waals surface area contributed by atoms with E-state index in [9.17, 15) is 4.39 Å². The molecular weight excluding hydrogens is 231 g/mol. The average molecular weight is 239 g/mol. The van der Waals surface area contributed by atoms with Crippen LogP contribution in [0.4, 0.5) is 10.2 Å². The van der Waals surface area contributed by atoms with Crippen molar-refractivity contribution in [1.29, 1.82) is 0 Å². The number of nitrogen functional groups attached to an aromatic ring is 1. The zero-order valence-corrected chi connectivity index (χ0v) is 8.87. The van der Waals surface area contributed by atoms with Crippen LogP contribution in [-0.4, -0.2) is 9.97 Å². The van der Waals surface area contributed by atoms with E-state index < -0.39 is 5.82 Å². The quantitative estimate of drug-likeness (QED) is 0.622. The molecule has 1 aromatic heterocycles. The molecule has 2 aromatic rings. The van der Waals surface area contributed by atoms with Gasteiger partial charge in [-0.3, -0.25) is 4.98 Å². The van der Waals surface area contributed by atoms with Crippen LogP contribution in [0.25, 0.3) is 11.3 Å². The van der Waals surface area contributed by atoms with Gasteiger partial charge in [-0.05, 0) is 18.2 Å². The molecule has 0 radical (unpaired) electrons. The van der Waals surface area contributed by atoms with Crippen LogP contribution >= 0.6 is 11.6 Å². The van der Waals surface area contributed by atoms with Crippen molar-refractivity contribution in [2.45, 2.75) is 0 Å². The summed E-state index contributed by atoms with van der Waals surface area (Å²) in [5.74, 6) is 5.23. The van der Waals surface area contributed by atoms with Gasteiger partial charge in [0.15, 0.2) is 5.82 Å². The Kier molecular flexibility index (Phi) is 2.98. The lowest BCUT2D eigenvalue weighted by Gasteiger charge is -2.06. The van der Waals surface area contributed by atoms with Crippen molar-refractivity contribution in [1.82, 2.24) is 9.97 Å². The van der Waals surface area contributed by atoms with Gasteiger partial charge in [0.1, 0.15) is 11.5 Å². The molecule has 0 amide bonds. The molecule has 0 aliphatic rings. The van der Waals surface area contributed by atoms with Gasteiger partial charge < -0.3 is 5.43 Å². The molecule has 0 atom stereocenters. The Balaban J connectivity index is 2.54. The maximum Gasteiger partial charge on any atom is 0.166 e. The molecule has 3 N–H and O–H groups in total. The Bertz CT molecular complexity index is 518. The fourth-order valence-corrected chi connectivity index (χ4v) is 1.48. The van der Waals surface area contributed by atoms with Gasteiger partial charge in [-0.2, -0.15) is 0 Å². The van der Waals surface area contributed by atoms with E-state index in [4.69, 9.17) is 17.4 Å². The third-order valence-corrected chi connectivity index (χ3v) is 2.32. The van der Waals surface area contributed by atoms with Crippen LogP contribution in [0, 0.1) is 5.82 Å². The average Bonchev–Trinajstić information content (AvgIpc) is 2.32. The molecule has 0 aliphatic carbocycles. The molecule has 16 heavy (non-hydrogen) atoms. The number of hydrazine groups is 1. The molecule has 82 valence electrons. The number of halogens is 2. The normalized spacial score (nSPS) is 10.2. The van der Waals surface area contributed by atoms with Crippen molar-refractivity contribution in [3.05, 3.63) is 41.4 Å². The van der Waals surface area contributed by atoms with Crippen LogP contribution in [0.15, 0.2) is 30.6 Å². The molecule has 2 rings (SSSR count). The minimum Gasteiger partial charge on any atom is -0.307 e. The molecule has 1 heterocycles. The second-order valence-electron chi connectivity index (χ2n) is 3.03. The number of hydrogen-bond donors (Lipinski definition) is 2. The summed E-state index contributed by atoms with van der Waals surface area (Å²) in [5.41, 5.74) is 3.58. The first kappa shape index (κ1) is 10.8. The van der Waals surface area contributed by atoms with E-state index in [1.807, 2.05) is 0 Å². The van der Waals surface area contributed by atoms with Crippen LogP contribution in [0.2, 0.25) is 5.02 Å². The van der Waals surface area contributed by atoms with Gasteiger partial charge in [-0.25, -0.2) is 15.2 Å². The highest BCUT2D eigenvalue weighted by Crippen LogP contribution is 2.26. The predicted molar refractivity (Wildman–Crippen MR) is 60.2 cm³/mol. The van der Waals surface area contributed by atoms with Crippen LogP contribution in [-0.2, 0) is 0 Å². The van der Waals surface area contributed by atoms with Crippen LogP contribution in [0.3, 0.4) is 0 Å². The van der Waals surface area contributed by atoms with Crippen LogP contribution in [0.1, 0.15) is 0 Å². The molecule has 0 saturated heterocycles. The third-order valence-electron chi connectivity index (χ3n) is 2.03. The van der Waals surface area contributed by atoms with Crippen molar-refractivity contribution in [3.8, 4) is 11.3 Å². The number of aromatic nitrogens is 2. The fraction of sp³-hybridized carbons (Fsp3) is 0. The van der Waals surface area contributed by atoms with Gasteiger partial charge in [0, 0.05) is 18.0 Å². The molecule has 0 spiro atoms. The Morgan fingerprint density at radius 1 is 1.25 bits per heavy atom. The number of nitrogens with two attached hydrogens (primary N) is 1. The smallest absolute Gasteiger partial charge is 0.166 e. The summed E-state index contributed by atoms with van der Waals surface area (Å²) in [5, 5.41) is 0.0334. The van der Waals surface area contributed by atoms with E-state index in [-0.39, 0.29) is 5.02 Å². The van der Waals surface area contributed by atoms with Gasteiger partial charge >= 0.3 is 0 Å². The first-order valence-corrected chi connectivity index (χ1v) is 4.83. The minimum atomic E-state index is -0.475. The standard InChI is InChI=1S/C10H8ClFN4/c11-7-5-6(1-2-8(7)12)9-10(16-13)15-4-3-14-9/h1-5H,13H2,(H,15,16). The number of nitrogens with zero attached hydrogens (tertiary/aromatic N) is 2. The maximum atomic E-state index is 13.0. The minimum absolute atomic E-state index is 0.0334. The number of nitrogens with one attached hydrogen (secondary N) is 1. The lowest BCUT2D eigenvalue weighted by Crippen LogP contribution is -2.10. The zero-order valence-electron chi connectivity index (χ0n) is 8.11. The topological polar surface area (TPSA) is 63.8 Å². The molecule has 1 aromatic carbocycles. The fourth-order valence-electron chi connectivity index (χ4n) is 1.30. The molecule has 0 saturated carbocycles. The first-order chi connectivity index (χ1) is 7.72. The number of rotatable bonds is 2. The van der Waals surface area contributed by atoms with Gasteiger partial charge in [0.05, 0.1) is 5.02 Å². The highest BCUT2D eigenvalue weighted by atomic mass is 35.5. The summed E-state index contributed by atoms with van der Waals surface area (Å²) >= 11 is 5.68. The SMILES string of the molecule is NNc1nccnc1-c1ccc(F)c(Cl)c1. The Labute approximate surface area is 96.3 Å². The Morgan fingerprint density at radius 3 is 2.69 bits per heavy atom. The molecule has 0 fully saturated rings. The van der Waals surface area contributed by atoms with E-state index in [0.29, 0.717) is 17.1 Å². The van der Waals surface area contributed by atoms with E-state index >= 15 is 0 Å². The molecular formula is C10H8ClFN4. The van der Waals surface area contributed by atoms with Crippen LogP contribution < -0.4 is 11.3 Å². The zero-order chi connectivity index (χ0) is 11.5. The molecule has 0 bridgehead atoms. The molecule has 0 aliphatic heterocycles. The lowest BCUT2D eigenvalue weighted by molar-refractivity contribution is 0.628. The van der Waals surface area contributed by atoms with Gasteiger partial charge in [-0.15, -0.1) is 0 Å². The van der Waals surface area contributed by atoms with Crippen molar-refractivity contribution in [3.63, 3.8) is 0 Å². The second kappa shape index (κ2) is 4.42. The van der Waals surface area contributed by atoms with Crippen molar-refractivity contribution in [2.75, 3.05) is 5.43 Å². The highest BCUT2D eigenvalue weighted by Gasteiger charge is 2.08. The molecule has 0 unspecified atom stereocenters. The summed E-state index contributed by atoms with van der Waals surface area (Å²) in [6.07, 6.45) is 3.03. The van der Waals surface area contributed by atoms with E-state index in [0.717, 1.165) is 0 Å². The predicted octanol–water partition coefficient (Wildman–Crippen LogP) is 2.22. The number of anilines is 1. The maximum absolute atomic E-state index is 13.0. The molecule has 6 heteroatoms.